The zero-order valence-corrected chi connectivity index (χ0v) is 13.9. The first-order valence-electron chi connectivity index (χ1n) is 8.17. The number of hydrogen-bond donors (Lipinski definition) is 2. The van der Waals surface area contributed by atoms with E-state index in [1.165, 1.54) is 10.9 Å². The predicted octanol–water partition coefficient (Wildman–Crippen LogP) is 2.25. The first-order chi connectivity index (χ1) is 12.0. The molecule has 1 aromatic heterocycles. The number of carboxylic acid groups (broad SMARTS) is 1. The van der Waals surface area contributed by atoms with Crippen LogP contribution in [0.25, 0.3) is 5.69 Å². The highest BCUT2D eigenvalue weighted by Crippen LogP contribution is 2.32. The van der Waals surface area contributed by atoms with Crippen LogP contribution in [0.15, 0.2) is 30.5 Å². The quantitative estimate of drug-likeness (QED) is 0.861. The van der Waals surface area contributed by atoms with Crippen molar-refractivity contribution in [2.75, 3.05) is 12.4 Å². The van der Waals surface area contributed by atoms with E-state index in [9.17, 15) is 9.59 Å². The Morgan fingerprint density at radius 3 is 2.68 bits per heavy atom. The first-order valence-corrected chi connectivity index (χ1v) is 8.17. The molecular formula is C17H20N4O4. The van der Waals surface area contributed by atoms with Crippen LogP contribution in [0.2, 0.25) is 0 Å². The third-order valence-corrected chi connectivity index (χ3v) is 4.55. The van der Waals surface area contributed by atoms with E-state index in [-0.39, 0.29) is 11.6 Å². The summed E-state index contributed by atoms with van der Waals surface area (Å²) in [5, 5.41) is 19.2. The summed E-state index contributed by atoms with van der Waals surface area (Å²) in [6, 6.07) is 6.99. The number of rotatable bonds is 5. The van der Waals surface area contributed by atoms with E-state index in [2.05, 4.69) is 15.6 Å². The molecule has 0 atom stereocenters. The molecule has 0 unspecified atom stereocenters. The van der Waals surface area contributed by atoms with Gasteiger partial charge in [0.2, 0.25) is 0 Å². The molecule has 1 aliphatic carbocycles. The topological polar surface area (TPSA) is 106 Å². The molecule has 8 nitrogen and oxygen atoms in total. The smallest absolute Gasteiger partial charge is 0.358 e. The molecule has 0 saturated heterocycles. The van der Waals surface area contributed by atoms with Gasteiger partial charge in [0.05, 0.1) is 11.9 Å². The number of hydrogen-bond acceptors (Lipinski definition) is 5. The van der Waals surface area contributed by atoms with Gasteiger partial charge in [-0.05, 0) is 31.0 Å². The second-order valence-corrected chi connectivity index (χ2v) is 6.12. The number of anilines is 1. The fourth-order valence-electron chi connectivity index (χ4n) is 3.11. The molecule has 0 bridgehead atoms. The predicted molar refractivity (Wildman–Crippen MR) is 89.8 cm³/mol. The van der Waals surface area contributed by atoms with E-state index in [0.717, 1.165) is 19.3 Å². The van der Waals surface area contributed by atoms with Crippen LogP contribution in [0.5, 0.6) is 0 Å². The highest BCUT2D eigenvalue weighted by atomic mass is 16.5. The molecule has 0 spiro atoms. The van der Waals surface area contributed by atoms with Gasteiger partial charge in [0.15, 0.2) is 5.69 Å². The molecule has 1 amide bonds. The van der Waals surface area contributed by atoms with Crippen molar-refractivity contribution in [1.29, 1.82) is 0 Å². The Morgan fingerprint density at radius 2 is 2.04 bits per heavy atom. The zero-order chi connectivity index (χ0) is 17.9. The fraction of sp³-hybridized carbons (Fsp3) is 0.412. The summed E-state index contributed by atoms with van der Waals surface area (Å²) in [4.78, 5) is 23.6. The van der Waals surface area contributed by atoms with Crippen molar-refractivity contribution in [3.05, 3.63) is 36.2 Å². The van der Waals surface area contributed by atoms with E-state index in [0.29, 0.717) is 24.2 Å². The molecule has 1 heterocycles. The van der Waals surface area contributed by atoms with Gasteiger partial charge in [-0.2, -0.15) is 0 Å². The van der Waals surface area contributed by atoms with Crippen molar-refractivity contribution in [1.82, 2.24) is 15.0 Å². The van der Waals surface area contributed by atoms with Crippen molar-refractivity contribution in [3.63, 3.8) is 0 Å². The highest BCUT2D eigenvalue weighted by Gasteiger charge is 2.39. The minimum Gasteiger partial charge on any atom is -0.476 e. The number of amides is 1. The number of benzene rings is 1. The van der Waals surface area contributed by atoms with Crippen LogP contribution in [0.4, 0.5) is 5.69 Å². The summed E-state index contributed by atoms with van der Waals surface area (Å²) < 4.78 is 6.91. The standard InChI is InChI=1S/C17H20N4O4/c1-25-17(8-3-2-4-9-17)16(24)18-12-6-5-7-13(10-12)21-11-14(15(22)23)19-20-21/h5-7,10-11H,2-4,8-9H2,1H3,(H,18,24)(H,22,23). The summed E-state index contributed by atoms with van der Waals surface area (Å²) >= 11 is 0. The molecule has 25 heavy (non-hydrogen) atoms. The number of aromatic nitrogens is 3. The molecule has 1 fully saturated rings. The van der Waals surface area contributed by atoms with Gasteiger partial charge in [-0.3, -0.25) is 4.79 Å². The highest BCUT2D eigenvalue weighted by molar-refractivity contribution is 5.97. The van der Waals surface area contributed by atoms with E-state index in [1.54, 1.807) is 31.4 Å². The molecular weight excluding hydrogens is 324 g/mol. The van der Waals surface area contributed by atoms with E-state index >= 15 is 0 Å². The van der Waals surface area contributed by atoms with Gasteiger partial charge in [-0.25, -0.2) is 9.48 Å². The van der Waals surface area contributed by atoms with E-state index in [4.69, 9.17) is 9.84 Å². The molecule has 3 rings (SSSR count). The number of nitrogens with one attached hydrogen (secondary N) is 1. The largest absolute Gasteiger partial charge is 0.476 e. The van der Waals surface area contributed by atoms with Gasteiger partial charge in [0, 0.05) is 12.8 Å². The third-order valence-electron chi connectivity index (χ3n) is 4.55. The van der Waals surface area contributed by atoms with Crippen LogP contribution in [-0.4, -0.2) is 44.7 Å². The van der Waals surface area contributed by atoms with Crippen molar-refractivity contribution in [3.8, 4) is 5.69 Å². The average Bonchev–Trinajstić information content (AvgIpc) is 3.13. The van der Waals surface area contributed by atoms with Gasteiger partial charge in [0.1, 0.15) is 5.60 Å². The summed E-state index contributed by atoms with van der Waals surface area (Å²) in [6.07, 6.45) is 5.80. The van der Waals surface area contributed by atoms with E-state index < -0.39 is 11.6 Å². The number of carboxylic acids is 1. The Hall–Kier alpha value is -2.74. The molecule has 1 aromatic carbocycles. The Kier molecular flexibility index (Phi) is 4.80. The van der Waals surface area contributed by atoms with Gasteiger partial charge in [-0.15, -0.1) is 5.10 Å². The number of aromatic carboxylic acids is 1. The fourth-order valence-corrected chi connectivity index (χ4v) is 3.11. The van der Waals surface area contributed by atoms with Gasteiger partial charge >= 0.3 is 5.97 Å². The van der Waals surface area contributed by atoms with E-state index in [1.807, 2.05) is 0 Å². The molecule has 2 aromatic rings. The summed E-state index contributed by atoms with van der Waals surface area (Å²) in [5.74, 6) is -1.30. The normalized spacial score (nSPS) is 16.4. The monoisotopic (exact) mass is 344 g/mol. The lowest BCUT2D eigenvalue weighted by molar-refractivity contribution is -0.141. The maximum absolute atomic E-state index is 12.7. The molecule has 1 aliphatic rings. The van der Waals surface area contributed by atoms with Crippen molar-refractivity contribution < 1.29 is 19.4 Å². The Balaban J connectivity index is 1.79. The van der Waals surface area contributed by atoms with Gasteiger partial charge in [-0.1, -0.05) is 30.5 Å². The van der Waals surface area contributed by atoms with Crippen LogP contribution in [-0.2, 0) is 9.53 Å². The number of carbonyl (C=O) groups excluding carboxylic acids is 1. The first kappa shape index (κ1) is 17.1. The maximum atomic E-state index is 12.7. The lowest BCUT2D eigenvalue weighted by Crippen LogP contribution is -2.46. The summed E-state index contributed by atoms with van der Waals surface area (Å²) in [6.45, 7) is 0. The number of ether oxygens (including phenoxy) is 1. The Labute approximate surface area is 144 Å². The minimum absolute atomic E-state index is 0.144. The van der Waals surface area contributed by atoms with Crippen LogP contribution in [0, 0.1) is 0 Å². The molecule has 2 N–H and O–H groups in total. The lowest BCUT2D eigenvalue weighted by Gasteiger charge is -2.34. The molecule has 0 aliphatic heterocycles. The van der Waals surface area contributed by atoms with Crippen LogP contribution in [0.3, 0.4) is 0 Å². The van der Waals surface area contributed by atoms with Crippen LogP contribution >= 0.6 is 0 Å². The number of methoxy groups -OCH3 is 1. The Bertz CT molecular complexity index is 780. The second kappa shape index (κ2) is 7.02. The van der Waals surface area contributed by atoms with Crippen LogP contribution in [0.1, 0.15) is 42.6 Å². The third kappa shape index (κ3) is 3.53. The SMILES string of the molecule is COC1(C(=O)Nc2cccc(-n3cc(C(=O)O)nn3)c2)CCCCC1. The van der Waals surface area contributed by atoms with Crippen molar-refractivity contribution >= 4 is 17.6 Å². The lowest BCUT2D eigenvalue weighted by atomic mass is 9.84. The molecule has 132 valence electrons. The zero-order valence-electron chi connectivity index (χ0n) is 13.9. The number of carbonyl (C=O) groups is 2. The Morgan fingerprint density at radius 1 is 1.28 bits per heavy atom. The van der Waals surface area contributed by atoms with Crippen LogP contribution < -0.4 is 5.32 Å². The summed E-state index contributed by atoms with van der Waals surface area (Å²) in [7, 11) is 1.57. The van der Waals surface area contributed by atoms with Gasteiger partial charge in [0.25, 0.3) is 5.91 Å². The molecule has 0 radical (unpaired) electrons. The molecule has 1 saturated carbocycles. The second-order valence-electron chi connectivity index (χ2n) is 6.12. The number of nitrogens with zero attached hydrogens (tertiary/aromatic N) is 3. The van der Waals surface area contributed by atoms with Crippen molar-refractivity contribution in [2.45, 2.75) is 37.7 Å². The maximum Gasteiger partial charge on any atom is 0.358 e. The van der Waals surface area contributed by atoms with Gasteiger partial charge < -0.3 is 15.2 Å². The average molecular weight is 344 g/mol. The minimum atomic E-state index is -1.14. The molecule has 8 heteroatoms. The van der Waals surface area contributed by atoms with Crippen molar-refractivity contribution in [2.24, 2.45) is 0 Å². The summed E-state index contributed by atoms with van der Waals surface area (Å²) in [5.41, 5.74) is 0.276.